The van der Waals surface area contributed by atoms with Crippen LogP contribution in [-0.4, -0.2) is 29.8 Å². The molecule has 0 bridgehead atoms. The van der Waals surface area contributed by atoms with Crippen molar-refractivity contribution in [2.24, 2.45) is 5.92 Å². The van der Waals surface area contributed by atoms with E-state index in [9.17, 15) is 4.79 Å². The third-order valence-electron chi connectivity index (χ3n) is 4.96. The Balaban J connectivity index is 1.41. The summed E-state index contributed by atoms with van der Waals surface area (Å²) in [5, 5.41) is 6.12. The van der Waals surface area contributed by atoms with Gasteiger partial charge in [0.15, 0.2) is 0 Å². The van der Waals surface area contributed by atoms with E-state index in [2.05, 4.69) is 15.6 Å². The SMILES string of the molecule is O=C(Nc1ccccc1-c1ccncc1)NC1CCOC(C2CC2)C1. The lowest BCUT2D eigenvalue weighted by Crippen LogP contribution is -2.44. The van der Waals surface area contributed by atoms with Gasteiger partial charge in [-0.3, -0.25) is 4.98 Å². The van der Waals surface area contributed by atoms with Crippen molar-refractivity contribution in [1.29, 1.82) is 0 Å². The molecule has 2 fully saturated rings. The van der Waals surface area contributed by atoms with Crippen molar-refractivity contribution >= 4 is 11.7 Å². The quantitative estimate of drug-likeness (QED) is 0.891. The molecule has 2 atom stereocenters. The Morgan fingerprint density at radius 1 is 1.08 bits per heavy atom. The lowest BCUT2D eigenvalue weighted by atomic mass is 10.0. The fraction of sp³-hybridized carbons (Fsp3) is 0.400. The maximum absolute atomic E-state index is 12.5. The molecule has 5 heteroatoms. The highest BCUT2D eigenvalue weighted by Gasteiger charge is 2.36. The van der Waals surface area contributed by atoms with Crippen LogP contribution in [-0.2, 0) is 4.74 Å². The summed E-state index contributed by atoms with van der Waals surface area (Å²) < 4.78 is 5.83. The third kappa shape index (κ3) is 3.99. The Bertz CT molecular complexity index is 731. The van der Waals surface area contributed by atoms with E-state index >= 15 is 0 Å². The summed E-state index contributed by atoms with van der Waals surface area (Å²) in [6.45, 7) is 0.736. The van der Waals surface area contributed by atoms with Crippen molar-refractivity contribution in [3.05, 3.63) is 48.8 Å². The molecule has 1 aromatic carbocycles. The number of nitrogens with one attached hydrogen (secondary N) is 2. The number of carbonyl (C=O) groups excluding carboxylic acids is 1. The Hall–Kier alpha value is -2.40. The minimum Gasteiger partial charge on any atom is -0.378 e. The van der Waals surface area contributed by atoms with Gasteiger partial charge in [0.05, 0.1) is 11.8 Å². The Labute approximate surface area is 147 Å². The van der Waals surface area contributed by atoms with E-state index in [4.69, 9.17) is 4.74 Å². The van der Waals surface area contributed by atoms with Crippen LogP contribution in [0.5, 0.6) is 0 Å². The van der Waals surface area contributed by atoms with Gasteiger partial charge in [0.25, 0.3) is 0 Å². The van der Waals surface area contributed by atoms with Crippen LogP contribution in [0.15, 0.2) is 48.8 Å². The first-order chi connectivity index (χ1) is 12.3. The Morgan fingerprint density at radius 3 is 2.68 bits per heavy atom. The average molecular weight is 337 g/mol. The Kier molecular flexibility index (Phi) is 4.65. The molecule has 25 heavy (non-hydrogen) atoms. The number of ether oxygens (including phenoxy) is 1. The van der Waals surface area contributed by atoms with Crippen LogP contribution in [0.3, 0.4) is 0 Å². The van der Waals surface area contributed by atoms with Gasteiger partial charge in [-0.25, -0.2) is 4.79 Å². The van der Waals surface area contributed by atoms with Crippen LogP contribution < -0.4 is 10.6 Å². The van der Waals surface area contributed by atoms with E-state index in [0.29, 0.717) is 12.0 Å². The van der Waals surface area contributed by atoms with Crippen molar-refractivity contribution in [2.45, 2.75) is 37.8 Å². The van der Waals surface area contributed by atoms with Gasteiger partial charge in [0, 0.05) is 30.6 Å². The molecule has 2 heterocycles. The molecule has 2 unspecified atom stereocenters. The molecule has 0 radical (unpaired) electrons. The van der Waals surface area contributed by atoms with Gasteiger partial charge in [-0.1, -0.05) is 18.2 Å². The smallest absolute Gasteiger partial charge is 0.319 e. The van der Waals surface area contributed by atoms with Gasteiger partial charge < -0.3 is 15.4 Å². The minimum absolute atomic E-state index is 0.150. The van der Waals surface area contributed by atoms with Crippen molar-refractivity contribution in [3.63, 3.8) is 0 Å². The van der Waals surface area contributed by atoms with E-state index in [1.165, 1.54) is 12.8 Å². The van der Waals surface area contributed by atoms with E-state index in [0.717, 1.165) is 36.3 Å². The molecular formula is C20H23N3O2. The number of rotatable bonds is 4. The number of carbonyl (C=O) groups is 1. The summed E-state index contributed by atoms with van der Waals surface area (Å²) in [5.74, 6) is 0.708. The maximum atomic E-state index is 12.5. The zero-order valence-corrected chi connectivity index (χ0v) is 14.2. The van der Waals surface area contributed by atoms with Gasteiger partial charge in [0.2, 0.25) is 0 Å². The standard InChI is InChI=1S/C20H23N3O2/c24-20(22-16-9-12-25-19(13-16)15-5-6-15)23-18-4-2-1-3-17(18)14-7-10-21-11-8-14/h1-4,7-8,10-11,15-16,19H,5-6,9,12-13H2,(H2,22,23,24). The summed E-state index contributed by atoms with van der Waals surface area (Å²) >= 11 is 0. The van der Waals surface area contributed by atoms with Crippen LogP contribution in [0.1, 0.15) is 25.7 Å². The number of hydrogen-bond acceptors (Lipinski definition) is 3. The van der Waals surface area contributed by atoms with Crippen molar-refractivity contribution in [2.75, 3.05) is 11.9 Å². The summed E-state index contributed by atoms with van der Waals surface area (Å²) in [6, 6.07) is 11.7. The van der Waals surface area contributed by atoms with Gasteiger partial charge in [-0.05, 0) is 55.4 Å². The number of amides is 2. The number of hydrogen-bond donors (Lipinski definition) is 2. The highest BCUT2D eigenvalue weighted by molar-refractivity contribution is 5.94. The molecule has 1 aromatic heterocycles. The number of aromatic nitrogens is 1. The predicted molar refractivity (Wildman–Crippen MR) is 97.3 cm³/mol. The fourth-order valence-electron chi connectivity index (χ4n) is 3.47. The van der Waals surface area contributed by atoms with E-state index < -0.39 is 0 Å². The number of pyridine rings is 1. The lowest BCUT2D eigenvalue weighted by molar-refractivity contribution is -0.00889. The van der Waals surface area contributed by atoms with Crippen LogP contribution in [0.4, 0.5) is 10.5 Å². The third-order valence-corrected chi connectivity index (χ3v) is 4.96. The van der Waals surface area contributed by atoms with Gasteiger partial charge in [-0.2, -0.15) is 0 Å². The van der Waals surface area contributed by atoms with E-state index in [1.807, 2.05) is 36.4 Å². The van der Waals surface area contributed by atoms with Crippen molar-refractivity contribution in [1.82, 2.24) is 10.3 Å². The molecule has 130 valence electrons. The molecule has 1 saturated heterocycles. The first-order valence-corrected chi connectivity index (χ1v) is 8.98. The van der Waals surface area contributed by atoms with Crippen molar-refractivity contribution < 1.29 is 9.53 Å². The summed E-state index contributed by atoms with van der Waals surface area (Å²) in [5.41, 5.74) is 2.82. The van der Waals surface area contributed by atoms with E-state index in [-0.39, 0.29) is 12.1 Å². The topological polar surface area (TPSA) is 63.2 Å². The average Bonchev–Trinajstić information content (AvgIpc) is 3.48. The van der Waals surface area contributed by atoms with Gasteiger partial charge >= 0.3 is 6.03 Å². The second kappa shape index (κ2) is 7.23. The van der Waals surface area contributed by atoms with Crippen LogP contribution >= 0.6 is 0 Å². The van der Waals surface area contributed by atoms with Gasteiger partial charge in [0.1, 0.15) is 0 Å². The molecule has 0 spiro atoms. The first-order valence-electron chi connectivity index (χ1n) is 8.98. The second-order valence-corrected chi connectivity index (χ2v) is 6.85. The molecule has 5 nitrogen and oxygen atoms in total. The largest absolute Gasteiger partial charge is 0.378 e. The zero-order chi connectivity index (χ0) is 17.1. The van der Waals surface area contributed by atoms with Crippen molar-refractivity contribution in [3.8, 4) is 11.1 Å². The molecule has 1 aliphatic carbocycles. The molecule has 1 saturated carbocycles. The normalized spacial score (nSPS) is 23.0. The molecule has 2 aliphatic rings. The van der Waals surface area contributed by atoms with E-state index in [1.54, 1.807) is 12.4 Å². The monoisotopic (exact) mass is 337 g/mol. The number of urea groups is 1. The molecule has 2 N–H and O–H groups in total. The van der Waals surface area contributed by atoms with Crippen LogP contribution in [0.25, 0.3) is 11.1 Å². The predicted octanol–water partition coefficient (Wildman–Crippen LogP) is 3.83. The molecular weight excluding hydrogens is 314 g/mol. The minimum atomic E-state index is -0.150. The summed E-state index contributed by atoms with van der Waals surface area (Å²) in [6.07, 6.45) is 8.17. The second-order valence-electron chi connectivity index (χ2n) is 6.85. The molecule has 2 amide bonds. The fourth-order valence-corrected chi connectivity index (χ4v) is 3.47. The first kappa shape index (κ1) is 16.1. The lowest BCUT2D eigenvalue weighted by Gasteiger charge is -2.30. The number of para-hydroxylation sites is 1. The number of anilines is 1. The molecule has 1 aliphatic heterocycles. The summed E-state index contributed by atoms with van der Waals surface area (Å²) in [4.78, 5) is 16.5. The van der Waals surface area contributed by atoms with Crippen LogP contribution in [0.2, 0.25) is 0 Å². The molecule has 4 rings (SSSR count). The number of benzene rings is 1. The van der Waals surface area contributed by atoms with Crippen LogP contribution in [0, 0.1) is 5.92 Å². The highest BCUT2D eigenvalue weighted by Crippen LogP contribution is 2.38. The zero-order valence-electron chi connectivity index (χ0n) is 14.2. The molecule has 2 aromatic rings. The number of nitrogens with zero attached hydrogens (tertiary/aromatic N) is 1. The Morgan fingerprint density at radius 2 is 1.88 bits per heavy atom. The van der Waals surface area contributed by atoms with Gasteiger partial charge in [-0.15, -0.1) is 0 Å². The highest BCUT2D eigenvalue weighted by atomic mass is 16.5. The summed E-state index contributed by atoms with van der Waals surface area (Å²) in [7, 11) is 0. The maximum Gasteiger partial charge on any atom is 0.319 e.